The Morgan fingerprint density at radius 3 is 2.50 bits per heavy atom. The van der Waals surface area contributed by atoms with Crippen LogP contribution in [0.2, 0.25) is 0 Å². The Labute approximate surface area is 142 Å². The van der Waals surface area contributed by atoms with Gasteiger partial charge >= 0.3 is 6.01 Å². The molecule has 0 aliphatic heterocycles. The van der Waals surface area contributed by atoms with Crippen LogP contribution in [0.4, 0.5) is 0 Å². The third kappa shape index (κ3) is 4.80. The van der Waals surface area contributed by atoms with E-state index in [0.29, 0.717) is 12.1 Å². The van der Waals surface area contributed by atoms with Crippen molar-refractivity contribution in [3.05, 3.63) is 36.8 Å². The van der Waals surface area contributed by atoms with Gasteiger partial charge in [-0.25, -0.2) is 4.98 Å². The highest BCUT2D eigenvalue weighted by molar-refractivity contribution is 5.85. The lowest BCUT2D eigenvalue weighted by Crippen LogP contribution is -2.32. The minimum atomic E-state index is 0. The molecule has 2 aromatic rings. The summed E-state index contributed by atoms with van der Waals surface area (Å²) in [4.78, 5) is 12.7. The van der Waals surface area contributed by atoms with Crippen molar-refractivity contribution in [3.8, 4) is 17.3 Å². The molecule has 1 aliphatic rings. The van der Waals surface area contributed by atoms with Crippen LogP contribution in [0.5, 0.6) is 6.01 Å². The Balaban J connectivity index is 0.00000121. The van der Waals surface area contributed by atoms with Gasteiger partial charge in [0.1, 0.15) is 6.10 Å². The maximum atomic E-state index is 5.90. The molecule has 7 heteroatoms. The van der Waals surface area contributed by atoms with Crippen molar-refractivity contribution >= 4 is 24.8 Å². The fraction of sp³-hybridized carbons (Fsp3) is 0.400. The van der Waals surface area contributed by atoms with E-state index in [1.807, 2.05) is 18.2 Å². The molecule has 1 saturated carbocycles. The van der Waals surface area contributed by atoms with E-state index >= 15 is 0 Å². The average Bonchev–Trinajstić information content (AvgIpc) is 2.51. The quantitative estimate of drug-likeness (QED) is 0.927. The number of halogens is 2. The third-order valence-electron chi connectivity index (χ3n) is 3.58. The fourth-order valence-corrected chi connectivity index (χ4v) is 2.43. The molecule has 0 unspecified atom stereocenters. The molecule has 2 aromatic heterocycles. The average molecular weight is 343 g/mol. The molecule has 3 rings (SSSR count). The van der Waals surface area contributed by atoms with Crippen molar-refractivity contribution in [2.75, 3.05) is 0 Å². The zero-order chi connectivity index (χ0) is 13.8. The van der Waals surface area contributed by atoms with E-state index in [1.165, 1.54) is 0 Å². The van der Waals surface area contributed by atoms with E-state index in [2.05, 4.69) is 15.0 Å². The van der Waals surface area contributed by atoms with Crippen LogP contribution in [-0.4, -0.2) is 27.1 Å². The van der Waals surface area contributed by atoms with E-state index in [0.717, 1.165) is 36.9 Å². The molecule has 2 heterocycles. The largest absolute Gasteiger partial charge is 0.460 e. The first kappa shape index (κ1) is 18.6. The topological polar surface area (TPSA) is 73.9 Å². The Bertz CT molecular complexity index is 562. The highest BCUT2D eigenvalue weighted by Crippen LogP contribution is 2.22. The Kier molecular flexibility index (Phi) is 7.51. The lowest BCUT2D eigenvalue weighted by atomic mass is 9.94. The second-order valence-electron chi connectivity index (χ2n) is 5.12. The Hall–Kier alpha value is -1.43. The van der Waals surface area contributed by atoms with Gasteiger partial charge in [0.15, 0.2) is 0 Å². The second kappa shape index (κ2) is 8.88. The van der Waals surface area contributed by atoms with Gasteiger partial charge in [-0.3, -0.25) is 4.98 Å². The van der Waals surface area contributed by atoms with Crippen molar-refractivity contribution in [2.45, 2.75) is 37.8 Å². The molecule has 0 aromatic carbocycles. The monoisotopic (exact) mass is 342 g/mol. The molecule has 2 N–H and O–H groups in total. The molecule has 0 radical (unpaired) electrons. The molecule has 0 spiro atoms. The summed E-state index contributed by atoms with van der Waals surface area (Å²) >= 11 is 0. The van der Waals surface area contributed by atoms with E-state index in [-0.39, 0.29) is 30.9 Å². The minimum absolute atomic E-state index is 0. The van der Waals surface area contributed by atoms with Crippen molar-refractivity contribution in [1.29, 1.82) is 0 Å². The number of aromatic nitrogens is 3. The van der Waals surface area contributed by atoms with Gasteiger partial charge in [0.2, 0.25) is 0 Å². The SMILES string of the molecule is Cl.Cl.NC1CCC(Oc2nccc(-c3cccnc3)n2)CC1. The van der Waals surface area contributed by atoms with Gasteiger partial charge in [-0.05, 0) is 43.9 Å². The summed E-state index contributed by atoms with van der Waals surface area (Å²) in [6.45, 7) is 0. The van der Waals surface area contributed by atoms with Crippen LogP contribution in [0.1, 0.15) is 25.7 Å². The molecular weight excluding hydrogens is 323 g/mol. The summed E-state index contributed by atoms with van der Waals surface area (Å²) < 4.78 is 5.87. The molecule has 0 bridgehead atoms. The molecule has 1 fully saturated rings. The van der Waals surface area contributed by atoms with Gasteiger partial charge < -0.3 is 10.5 Å². The zero-order valence-electron chi connectivity index (χ0n) is 12.1. The van der Waals surface area contributed by atoms with E-state index in [9.17, 15) is 0 Å². The van der Waals surface area contributed by atoms with Gasteiger partial charge in [-0.15, -0.1) is 24.8 Å². The molecular formula is C15H20Cl2N4O. The van der Waals surface area contributed by atoms with Gasteiger partial charge in [-0.1, -0.05) is 0 Å². The minimum Gasteiger partial charge on any atom is -0.460 e. The van der Waals surface area contributed by atoms with E-state index < -0.39 is 0 Å². The van der Waals surface area contributed by atoms with Gasteiger partial charge in [0.05, 0.1) is 5.69 Å². The van der Waals surface area contributed by atoms with Crippen LogP contribution < -0.4 is 10.5 Å². The zero-order valence-corrected chi connectivity index (χ0v) is 13.7. The first-order chi connectivity index (χ1) is 9.81. The van der Waals surface area contributed by atoms with Crippen LogP contribution in [0.3, 0.4) is 0 Å². The van der Waals surface area contributed by atoms with Gasteiger partial charge in [0, 0.05) is 30.2 Å². The Morgan fingerprint density at radius 2 is 1.82 bits per heavy atom. The summed E-state index contributed by atoms with van der Waals surface area (Å²) in [7, 11) is 0. The van der Waals surface area contributed by atoms with Crippen LogP contribution in [0.15, 0.2) is 36.8 Å². The van der Waals surface area contributed by atoms with Crippen LogP contribution >= 0.6 is 24.8 Å². The number of rotatable bonds is 3. The smallest absolute Gasteiger partial charge is 0.317 e. The predicted molar refractivity (Wildman–Crippen MR) is 90.6 cm³/mol. The normalized spacial score (nSPS) is 20.4. The van der Waals surface area contributed by atoms with Crippen molar-refractivity contribution in [3.63, 3.8) is 0 Å². The maximum Gasteiger partial charge on any atom is 0.317 e. The van der Waals surface area contributed by atoms with Crippen LogP contribution in [0.25, 0.3) is 11.3 Å². The van der Waals surface area contributed by atoms with Crippen molar-refractivity contribution < 1.29 is 4.74 Å². The third-order valence-corrected chi connectivity index (χ3v) is 3.58. The summed E-state index contributed by atoms with van der Waals surface area (Å²) in [5, 5.41) is 0. The molecule has 0 amide bonds. The number of nitrogens with two attached hydrogens (primary N) is 1. The van der Waals surface area contributed by atoms with Gasteiger partial charge in [0.25, 0.3) is 0 Å². The highest BCUT2D eigenvalue weighted by Gasteiger charge is 2.20. The summed E-state index contributed by atoms with van der Waals surface area (Å²) in [6, 6.07) is 6.48. The second-order valence-corrected chi connectivity index (χ2v) is 5.12. The summed E-state index contributed by atoms with van der Waals surface area (Å²) in [5.41, 5.74) is 7.69. The number of hydrogen-bond donors (Lipinski definition) is 1. The number of hydrogen-bond acceptors (Lipinski definition) is 5. The lowest BCUT2D eigenvalue weighted by molar-refractivity contribution is 0.135. The fourth-order valence-electron chi connectivity index (χ4n) is 2.43. The molecule has 5 nitrogen and oxygen atoms in total. The molecule has 0 atom stereocenters. The maximum absolute atomic E-state index is 5.90. The van der Waals surface area contributed by atoms with E-state index in [4.69, 9.17) is 10.5 Å². The summed E-state index contributed by atoms with van der Waals surface area (Å²) in [5.74, 6) is 0. The standard InChI is InChI=1S/C15H18N4O.2ClH/c16-12-3-5-13(6-4-12)20-15-18-9-7-14(19-15)11-2-1-8-17-10-11;;/h1-2,7-10,12-13H,3-6,16H2;2*1H. The molecule has 120 valence electrons. The lowest BCUT2D eigenvalue weighted by Gasteiger charge is -2.25. The first-order valence-corrected chi connectivity index (χ1v) is 6.97. The number of pyridine rings is 1. The van der Waals surface area contributed by atoms with Crippen molar-refractivity contribution in [2.24, 2.45) is 5.73 Å². The van der Waals surface area contributed by atoms with E-state index in [1.54, 1.807) is 18.6 Å². The van der Waals surface area contributed by atoms with Gasteiger partial charge in [-0.2, -0.15) is 4.98 Å². The molecule has 22 heavy (non-hydrogen) atoms. The first-order valence-electron chi connectivity index (χ1n) is 6.97. The highest BCUT2D eigenvalue weighted by atomic mass is 35.5. The Morgan fingerprint density at radius 1 is 1.05 bits per heavy atom. The molecule has 1 aliphatic carbocycles. The number of ether oxygens (including phenoxy) is 1. The molecule has 0 saturated heterocycles. The predicted octanol–water partition coefficient (Wildman–Crippen LogP) is 3.03. The number of nitrogens with zero attached hydrogens (tertiary/aromatic N) is 3. The summed E-state index contributed by atoms with van der Waals surface area (Å²) in [6.07, 6.45) is 9.39. The van der Waals surface area contributed by atoms with Crippen molar-refractivity contribution in [1.82, 2.24) is 15.0 Å². The van der Waals surface area contributed by atoms with Crippen LogP contribution in [0, 0.1) is 0 Å². The van der Waals surface area contributed by atoms with Crippen LogP contribution in [-0.2, 0) is 0 Å².